The normalized spacial score (nSPS) is 15.6. The molecule has 38 heavy (non-hydrogen) atoms. The predicted molar refractivity (Wildman–Crippen MR) is 163 cm³/mol. The molecule has 3 unspecified atom stereocenters. The molecule has 0 saturated heterocycles. The fourth-order valence-corrected chi connectivity index (χ4v) is 6.46. The summed E-state index contributed by atoms with van der Waals surface area (Å²) in [4.78, 5) is 23.5. The van der Waals surface area contributed by atoms with Crippen LogP contribution in [0.2, 0.25) is 0 Å². The minimum absolute atomic E-state index is 0.308. The second-order valence-electron chi connectivity index (χ2n) is 12.6. The molecule has 0 fully saturated rings. The van der Waals surface area contributed by atoms with Gasteiger partial charge in [-0.25, -0.2) is 0 Å². The second-order valence-corrected chi connectivity index (χ2v) is 12.6. The molecular formula is C34H66O4. The van der Waals surface area contributed by atoms with Crippen molar-refractivity contribution in [2.75, 3.05) is 0 Å². The predicted octanol–water partition coefficient (Wildman–Crippen LogP) is 11.1. The van der Waals surface area contributed by atoms with E-state index in [1.54, 1.807) is 0 Å². The smallest absolute Gasteiger partial charge is 0.309 e. The molecule has 0 amide bonds. The Morgan fingerprint density at radius 3 is 1.37 bits per heavy atom. The Morgan fingerprint density at radius 1 is 0.579 bits per heavy atom. The summed E-state index contributed by atoms with van der Waals surface area (Å²) in [6.07, 6.45) is 25.2. The summed E-state index contributed by atoms with van der Waals surface area (Å²) in [6.45, 7) is 11.3. The van der Waals surface area contributed by atoms with Crippen LogP contribution >= 0.6 is 0 Å². The molecule has 0 heterocycles. The molecule has 4 heteroatoms. The monoisotopic (exact) mass is 538 g/mol. The van der Waals surface area contributed by atoms with Crippen molar-refractivity contribution in [2.24, 2.45) is 23.2 Å². The van der Waals surface area contributed by atoms with Crippen molar-refractivity contribution in [3.05, 3.63) is 0 Å². The molecule has 0 spiro atoms. The van der Waals surface area contributed by atoms with E-state index in [-0.39, 0.29) is 0 Å². The van der Waals surface area contributed by atoms with Crippen molar-refractivity contribution < 1.29 is 19.8 Å². The zero-order valence-corrected chi connectivity index (χ0v) is 26.2. The highest BCUT2D eigenvalue weighted by Crippen LogP contribution is 2.44. The molecule has 0 rings (SSSR count). The van der Waals surface area contributed by atoms with Crippen molar-refractivity contribution in [1.82, 2.24) is 0 Å². The molecule has 0 aliphatic carbocycles. The maximum absolute atomic E-state index is 13.0. The van der Waals surface area contributed by atoms with E-state index in [0.717, 1.165) is 57.8 Å². The van der Waals surface area contributed by atoms with E-state index < -0.39 is 17.4 Å². The van der Waals surface area contributed by atoms with E-state index in [9.17, 15) is 14.7 Å². The van der Waals surface area contributed by atoms with Crippen LogP contribution in [0.1, 0.15) is 182 Å². The zero-order valence-electron chi connectivity index (χ0n) is 26.2. The van der Waals surface area contributed by atoms with Crippen molar-refractivity contribution in [2.45, 2.75) is 182 Å². The van der Waals surface area contributed by atoms with Gasteiger partial charge in [-0.2, -0.15) is 0 Å². The van der Waals surface area contributed by atoms with Gasteiger partial charge in [0.25, 0.3) is 0 Å². The molecular weight excluding hydrogens is 472 g/mol. The summed E-state index contributed by atoms with van der Waals surface area (Å²) in [5.41, 5.74) is -0.563. The summed E-state index contributed by atoms with van der Waals surface area (Å²) in [5, 5.41) is 19.4. The van der Waals surface area contributed by atoms with E-state index in [4.69, 9.17) is 5.11 Å². The third kappa shape index (κ3) is 18.3. The van der Waals surface area contributed by atoms with Gasteiger partial charge < -0.3 is 10.2 Å². The summed E-state index contributed by atoms with van der Waals surface area (Å²) < 4.78 is 0. The van der Waals surface area contributed by atoms with Crippen molar-refractivity contribution in [3.63, 3.8) is 0 Å². The van der Waals surface area contributed by atoms with Crippen LogP contribution in [0.5, 0.6) is 0 Å². The van der Waals surface area contributed by atoms with Gasteiger partial charge in [-0.15, -0.1) is 0 Å². The molecule has 0 aliphatic heterocycles. The molecule has 3 atom stereocenters. The Kier molecular flexibility index (Phi) is 23.1. The van der Waals surface area contributed by atoms with E-state index in [2.05, 4.69) is 34.6 Å². The van der Waals surface area contributed by atoms with Crippen LogP contribution in [-0.2, 0) is 9.59 Å². The maximum Gasteiger partial charge on any atom is 0.309 e. The Balaban J connectivity index is 4.72. The van der Waals surface area contributed by atoms with Gasteiger partial charge in [0, 0.05) is 6.42 Å². The number of rotatable bonds is 28. The Bertz CT molecular complexity index is 555. The van der Waals surface area contributed by atoms with Crippen molar-refractivity contribution in [3.8, 4) is 0 Å². The van der Waals surface area contributed by atoms with Crippen molar-refractivity contribution in [1.29, 1.82) is 0 Å². The number of carboxylic acid groups (broad SMARTS) is 2. The largest absolute Gasteiger partial charge is 0.481 e. The quantitative estimate of drug-likeness (QED) is 0.0971. The van der Waals surface area contributed by atoms with E-state index in [0.29, 0.717) is 24.2 Å². The average Bonchev–Trinajstić information content (AvgIpc) is 2.88. The van der Waals surface area contributed by atoms with Crippen LogP contribution in [0, 0.1) is 23.2 Å². The van der Waals surface area contributed by atoms with Gasteiger partial charge in [0.1, 0.15) is 0 Å². The number of unbranched alkanes of at least 4 members (excludes halogenated alkanes) is 11. The van der Waals surface area contributed by atoms with Gasteiger partial charge in [0.05, 0.1) is 5.41 Å². The maximum atomic E-state index is 13.0. The molecule has 0 aromatic rings. The summed E-state index contributed by atoms with van der Waals surface area (Å²) >= 11 is 0. The van der Waals surface area contributed by atoms with E-state index in [1.807, 2.05) is 0 Å². The van der Waals surface area contributed by atoms with Gasteiger partial charge in [-0.05, 0) is 43.4 Å². The molecule has 226 valence electrons. The van der Waals surface area contributed by atoms with Crippen LogP contribution in [0.3, 0.4) is 0 Å². The van der Waals surface area contributed by atoms with Crippen LogP contribution in [-0.4, -0.2) is 22.2 Å². The number of aliphatic carboxylic acids is 2. The molecule has 2 N–H and O–H groups in total. The molecule has 0 aliphatic rings. The lowest BCUT2D eigenvalue weighted by atomic mass is 9.66. The van der Waals surface area contributed by atoms with Crippen LogP contribution < -0.4 is 0 Å². The Morgan fingerprint density at radius 2 is 1.00 bits per heavy atom. The van der Waals surface area contributed by atoms with Gasteiger partial charge in [0.2, 0.25) is 0 Å². The Hall–Kier alpha value is -1.06. The SMILES string of the molecule is CCCCC(CC)CC(CC(C)CCCCCCCCCCCCC(=O)O)(CC(CC)CCCC)C(=O)O. The van der Waals surface area contributed by atoms with Gasteiger partial charge in [-0.1, -0.05) is 150 Å². The second kappa shape index (κ2) is 23.8. The Labute approximate surface area is 237 Å². The van der Waals surface area contributed by atoms with Gasteiger partial charge >= 0.3 is 11.9 Å². The van der Waals surface area contributed by atoms with Crippen LogP contribution in [0.15, 0.2) is 0 Å². The lowest BCUT2D eigenvalue weighted by Crippen LogP contribution is -2.37. The highest BCUT2D eigenvalue weighted by Gasteiger charge is 2.42. The van der Waals surface area contributed by atoms with E-state index >= 15 is 0 Å². The fourth-order valence-electron chi connectivity index (χ4n) is 6.46. The summed E-state index contributed by atoms with van der Waals surface area (Å²) in [6, 6.07) is 0. The van der Waals surface area contributed by atoms with Crippen LogP contribution in [0.4, 0.5) is 0 Å². The topological polar surface area (TPSA) is 74.6 Å². The minimum atomic E-state index is -0.678. The lowest BCUT2D eigenvalue weighted by molar-refractivity contribution is -0.153. The lowest BCUT2D eigenvalue weighted by Gasteiger charge is -2.38. The van der Waals surface area contributed by atoms with Crippen molar-refractivity contribution >= 4 is 11.9 Å². The first-order valence-electron chi connectivity index (χ1n) is 16.7. The molecule has 0 aromatic heterocycles. The van der Waals surface area contributed by atoms with Crippen LogP contribution in [0.25, 0.3) is 0 Å². The number of hydrogen-bond donors (Lipinski definition) is 2. The third-order valence-electron chi connectivity index (χ3n) is 8.98. The minimum Gasteiger partial charge on any atom is -0.481 e. The number of hydrogen-bond acceptors (Lipinski definition) is 2. The molecule has 0 bridgehead atoms. The number of carbonyl (C=O) groups is 2. The first-order valence-corrected chi connectivity index (χ1v) is 16.7. The number of carboxylic acids is 2. The molecule has 0 aromatic carbocycles. The molecule has 4 nitrogen and oxygen atoms in total. The zero-order chi connectivity index (χ0) is 28.7. The first kappa shape index (κ1) is 36.9. The van der Waals surface area contributed by atoms with Gasteiger partial charge in [0.15, 0.2) is 0 Å². The summed E-state index contributed by atoms with van der Waals surface area (Å²) in [7, 11) is 0. The highest BCUT2D eigenvalue weighted by molar-refractivity contribution is 5.74. The highest BCUT2D eigenvalue weighted by atomic mass is 16.4. The third-order valence-corrected chi connectivity index (χ3v) is 8.98. The standard InChI is InChI=1S/C34H66O4/c1-6-10-23-30(8-3)27-34(33(37)38,28-31(9-4)24-11-7-2)26-29(5)22-20-18-16-14-12-13-15-17-19-21-25-32(35)36/h29-31H,6-28H2,1-5H3,(H,35,36)(H,37,38). The first-order chi connectivity index (χ1) is 18.2. The fraction of sp³-hybridized carbons (Fsp3) is 0.941. The van der Waals surface area contributed by atoms with E-state index in [1.165, 1.54) is 83.5 Å². The average molecular weight is 539 g/mol. The molecule has 0 radical (unpaired) electrons. The summed E-state index contributed by atoms with van der Waals surface area (Å²) in [5.74, 6) is 0.307. The van der Waals surface area contributed by atoms with Gasteiger partial charge in [-0.3, -0.25) is 9.59 Å². The molecule has 0 saturated carbocycles.